The zero-order chi connectivity index (χ0) is 13.7. The van der Waals surface area contributed by atoms with Crippen molar-refractivity contribution in [2.75, 3.05) is 13.1 Å². The number of likely N-dealkylation sites (tertiary alicyclic amines) is 1. The molecule has 0 radical (unpaired) electrons. The van der Waals surface area contributed by atoms with E-state index in [2.05, 4.69) is 5.92 Å². The normalized spacial score (nSPS) is 22.6. The van der Waals surface area contributed by atoms with Crippen molar-refractivity contribution in [2.24, 2.45) is 0 Å². The Morgan fingerprint density at radius 2 is 2.17 bits per heavy atom. The molecule has 1 saturated heterocycles. The topological polar surface area (TPSA) is 60.9 Å². The molecule has 1 aliphatic heterocycles. The summed E-state index contributed by atoms with van der Waals surface area (Å²) in [7, 11) is 0. The number of hydrogen-bond donors (Lipinski definition) is 1. The Labute approximate surface area is 108 Å². The fourth-order valence-electron chi connectivity index (χ4n) is 2.45. The van der Waals surface area contributed by atoms with Crippen LogP contribution in [0.5, 0.6) is 0 Å². The van der Waals surface area contributed by atoms with Gasteiger partial charge >= 0.3 is 12.0 Å². The number of carboxylic acids is 1. The van der Waals surface area contributed by atoms with Crippen molar-refractivity contribution in [3.63, 3.8) is 0 Å². The minimum absolute atomic E-state index is 0.0325. The predicted molar refractivity (Wildman–Crippen MR) is 68.1 cm³/mol. The molecule has 2 amide bonds. The van der Waals surface area contributed by atoms with Crippen LogP contribution < -0.4 is 0 Å². The molecule has 1 aliphatic rings. The summed E-state index contributed by atoms with van der Waals surface area (Å²) in [6.07, 6.45) is 8.00. The number of terminal acetylenes is 1. The van der Waals surface area contributed by atoms with Gasteiger partial charge in [-0.05, 0) is 26.2 Å². The second kappa shape index (κ2) is 6.29. The summed E-state index contributed by atoms with van der Waals surface area (Å²) in [6, 6.07) is 0.0882. The molecule has 5 nitrogen and oxygen atoms in total. The third kappa shape index (κ3) is 3.16. The van der Waals surface area contributed by atoms with Crippen molar-refractivity contribution < 1.29 is 14.7 Å². The molecule has 1 fully saturated rings. The zero-order valence-electron chi connectivity index (χ0n) is 10.9. The first kappa shape index (κ1) is 14.4. The molecule has 0 aliphatic carbocycles. The van der Waals surface area contributed by atoms with Gasteiger partial charge in [0.05, 0.1) is 6.54 Å². The number of carbonyl (C=O) groups excluding carboxylic acids is 1. The van der Waals surface area contributed by atoms with Gasteiger partial charge < -0.3 is 14.9 Å². The van der Waals surface area contributed by atoms with Crippen LogP contribution in [-0.2, 0) is 4.79 Å². The molecule has 0 spiro atoms. The number of carboxylic acid groups (broad SMARTS) is 1. The molecule has 0 aromatic carbocycles. The van der Waals surface area contributed by atoms with E-state index in [9.17, 15) is 9.59 Å². The molecule has 2 atom stereocenters. The van der Waals surface area contributed by atoms with Gasteiger partial charge in [0, 0.05) is 12.1 Å². The van der Waals surface area contributed by atoms with Crippen LogP contribution in [0.4, 0.5) is 4.79 Å². The van der Waals surface area contributed by atoms with E-state index in [1.54, 1.807) is 4.90 Å². The smallest absolute Gasteiger partial charge is 0.323 e. The van der Waals surface area contributed by atoms with Crippen molar-refractivity contribution >= 4 is 12.0 Å². The van der Waals surface area contributed by atoms with Crippen LogP contribution >= 0.6 is 0 Å². The lowest BCUT2D eigenvalue weighted by molar-refractivity contribution is -0.137. The van der Waals surface area contributed by atoms with E-state index >= 15 is 0 Å². The van der Waals surface area contributed by atoms with Crippen molar-refractivity contribution in [3.05, 3.63) is 0 Å². The summed E-state index contributed by atoms with van der Waals surface area (Å²) >= 11 is 0. The van der Waals surface area contributed by atoms with E-state index < -0.39 is 5.97 Å². The first-order valence-corrected chi connectivity index (χ1v) is 6.23. The molecule has 1 N–H and O–H groups in total. The van der Waals surface area contributed by atoms with Crippen LogP contribution in [0.3, 0.4) is 0 Å². The fraction of sp³-hybridized carbons (Fsp3) is 0.692. The van der Waals surface area contributed by atoms with Gasteiger partial charge in [0.2, 0.25) is 0 Å². The van der Waals surface area contributed by atoms with Gasteiger partial charge in [-0.2, -0.15) is 0 Å². The summed E-state index contributed by atoms with van der Waals surface area (Å²) in [6.45, 7) is 3.71. The van der Waals surface area contributed by atoms with Crippen LogP contribution in [0.2, 0.25) is 0 Å². The van der Waals surface area contributed by atoms with Gasteiger partial charge in [0.15, 0.2) is 0 Å². The monoisotopic (exact) mass is 252 g/mol. The number of hydrogen-bond acceptors (Lipinski definition) is 2. The molecule has 18 heavy (non-hydrogen) atoms. The number of carbonyl (C=O) groups is 2. The average Bonchev–Trinajstić information content (AvgIpc) is 2.68. The molecule has 2 unspecified atom stereocenters. The summed E-state index contributed by atoms with van der Waals surface area (Å²) in [5, 5.41) is 8.81. The Morgan fingerprint density at radius 3 is 2.67 bits per heavy atom. The van der Waals surface area contributed by atoms with Crippen molar-refractivity contribution in [3.8, 4) is 12.3 Å². The molecule has 1 heterocycles. The third-order valence-corrected chi connectivity index (χ3v) is 3.36. The van der Waals surface area contributed by atoms with Crippen molar-refractivity contribution in [1.29, 1.82) is 0 Å². The molecule has 1 rings (SSSR count). The van der Waals surface area contributed by atoms with E-state index in [1.807, 2.05) is 13.8 Å². The minimum atomic E-state index is -1.04. The number of urea groups is 1. The fourth-order valence-corrected chi connectivity index (χ4v) is 2.45. The first-order valence-electron chi connectivity index (χ1n) is 6.23. The van der Waals surface area contributed by atoms with E-state index in [0.717, 1.165) is 19.3 Å². The second-order valence-corrected chi connectivity index (χ2v) is 4.63. The van der Waals surface area contributed by atoms with Crippen LogP contribution in [0.25, 0.3) is 0 Å². The Kier molecular flexibility index (Phi) is 5.02. The highest BCUT2D eigenvalue weighted by Crippen LogP contribution is 2.27. The minimum Gasteiger partial charge on any atom is -0.480 e. The lowest BCUT2D eigenvalue weighted by Crippen LogP contribution is -2.49. The van der Waals surface area contributed by atoms with E-state index in [4.69, 9.17) is 11.5 Å². The van der Waals surface area contributed by atoms with Crippen LogP contribution in [0.1, 0.15) is 33.1 Å². The lowest BCUT2D eigenvalue weighted by Gasteiger charge is -2.32. The number of aliphatic carboxylic acids is 1. The standard InChI is InChI=1S/C13H20N2O3/c1-4-8-14(9-12(16)17)13(18)15-10(3)6-7-11(15)5-2/h1,10-11H,5-9H2,2-3H3,(H,16,17). The highest BCUT2D eigenvalue weighted by molar-refractivity contribution is 5.81. The van der Waals surface area contributed by atoms with Gasteiger partial charge in [-0.1, -0.05) is 12.8 Å². The van der Waals surface area contributed by atoms with E-state index in [-0.39, 0.29) is 31.2 Å². The van der Waals surface area contributed by atoms with Gasteiger partial charge in [0.25, 0.3) is 0 Å². The molecule has 0 bridgehead atoms. The lowest BCUT2D eigenvalue weighted by atomic mass is 10.2. The summed E-state index contributed by atoms with van der Waals surface area (Å²) in [5.74, 6) is 1.30. The van der Waals surface area contributed by atoms with Crippen LogP contribution in [-0.4, -0.2) is 52.1 Å². The largest absolute Gasteiger partial charge is 0.480 e. The molecule has 0 aromatic rings. The highest BCUT2D eigenvalue weighted by Gasteiger charge is 2.35. The summed E-state index contributed by atoms with van der Waals surface area (Å²) < 4.78 is 0. The Bertz CT molecular complexity index is 362. The average molecular weight is 252 g/mol. The zero-order valence-corrected chi connectivity index (χ0v) is 10.9. The maximum atomic E-state index is 12.3. The van der Waals surface area contributed by atoms with E-state index in [0.29, 0.717) is 0 Å². The summed E-state index contributed by atoms with van der Waals surface area (Å²) in [5.41, 5.74) is 0. The van der Waals surface area contributed by atoms with Gasteiger partial charge in [-0.15, -0.1) is 6.42 Å². The van der Waals surface area contributed by atoms with Crippen molar-refractivity contribution in [2.45, 2.75) is 45.2 Å². The first-order chi connectivity index (χ1) is 8.51. The molecule has 5 heteroatoms. The predicted octanol–water partition coefficient (Wildman–Crippen LogP) is 1.39. The van der Waals surface area contributed by atoms with Crippen molar-refractivity contribution in [1.82, 2.24) is 9.80 Å². The van der Waals surface area contributed by atoms with Crippen LogP contribution in [0.15, 0.2) is 0 Å². The van der Waals surface area contributed by atoms with Gasteiger partial charge in [-0.3, -0.25) is 4.79 Å². The molecule has 0 saturated carbocycles. The third-order valence-electron chi connectivity index (χ3n) is 3.36. The Hall–Kier alpha value is -1.70. The Balaban J connectivity index is 2.81. The maximum Gasteiger partial charge on any atom is 0.323 e. The number of amides is 2. The molecular weight excluding hydrogens is 232 g/mol. The summed E-state index contributed by atoms with van der Waals surface area (Å²) in [4.78, 5) is 26.1. The second-order valence-electron chi connectivity index (χ2n) is 4.63. The molecular formula is C13H20N2O3. The van der Waals surface area contributed by atoms with E-state index in [1.165, 1.54) is 4.90 Å². The van der Waals surface area contributed by atoms with Crippen LogP contribution in [0, 0.1) is 12.3 Å². The number of nitrogens with zero attached hydrogens (tertiary/aromatic N) is 2. The van der Waals surface area contributed by atoms with Gasteiger partial charge in [0.1, 0.15) is 6.54 Å². The Morgan fingerprint density at radius 1 is 1.50 bits per heavy atom. The molecule has 100 valence electrons. The maximum absolute atomic E-state index is 12.3. The highest BCUT2D eigenvalue weighted by atomic mass is 16.4. The molecule has 0 aromatic heterocycles. The van der Waals surface area contributed by atoms with Gasteiger partial charge in [-0.25, -0.2) is 4.79 Å². The SMILES string of the molecule is C#CCN(CC(=O)O)C(=O)N1C(C)CCC1CC. The number of rotatable bonds is 4. The quantitative estimate of drug-likeness (QED) is 0.769.